The average molecular weight is 222 g/mol. The lowest BCUT2D eigenvalue weighted by Crippen LogP contribution is -2.44. The molecule has 0 fully saturated rings. The van der Waals surface area contributed by atoms with Crippen molar-refractivity contribution in [2.24, 2.45) is 0 Å². The van der Waals surface area contributed by atoms with Gasteiger partial charge in [-0.1, -0.05) is 6.08 Å². The van der Waals surface area contributed by atoms with Gasteiger partial charge < -0.3 is 4.74 Å². The Morgan fingerprint density at radius 1 is 1.21 bits per heavy atom. The molecule has 0 radical (unpaired) electrons. The van der Waals surface area contributed by atoms with Crippen LogP contribution >= 0.6 is 0 Å². The van der Waals surface area contributed by atoms with E-state index in [9.17, 15) is 26.3 Å². The fourth-order valence-corrected chi connectivity index (χ4v) is 0.591. The molecule has 0 saturated heterocycles. The van der Waals surface area contributed by atoms with Crippen LogP contribution in [0.25, 0.3) is 0 Å². The van der Waals surface area contributed by atoms with Crippen LogP contribution < -0.4 is 0 Å². The molecule has 0 aromatic heterocycles. The summed E-state index contributed by atoms with van der Waals surface area (Å²) in [5.74, 6) is -4.57. The Kier molecular flexibility index (Phi) is 4.44. The van der Waals surface area contributed by atoms with Gasteiger partial charge in [0.2, 0.25) is 0 Å². The maximum Gasteiger partial charge on any atom is 0.425 e. The molecule has 0 aromatic rings. The van der Waals surface area contributed by atoms with Crippen LogP contribution in [0.5, 0.6) is 0 Å². The molecule has 0 N–H and O–H groups in total. The van der Waals surface area contributed by atoms with Gasteiger partial charge in [0.25, 0.3) is 6.17 Å². The van der Waals surface area contributed by atoms with Crippen molar-refractivity contribution in [3.63, 3.8) is 0 Å². The van der Waals surface area contributed by atoms with E-state index < -0.39 is 24.9 Å². The van der Waals surface area contributed by atoms with Crippen LogP contribution in [-0.4, -0.2) is 31.5 Å². The van der Waals surface area contributed by atoms with Gasteiger partial charge in [-0.05, 0) is 0 Å². The monoisotopic (exact) mass is 222 g/mol. The number of alkyl halides is 6. The summed E-state index contributed by atoms with van der Waals surface area (Å²) in [6, 6.07) is 0. The molecule has 0 spiro atoms. The van der Waals surface area contributed by atoms with Crippen molar-refractivity contribution in [3.05, 3.63) is 12.7 Å². The Hall–Kier alpha value is -0.720. The molecule has 1 nitrogen and oxygen atoms in total. The van der Waals surface area contributed by atoms with E-state index in [4.69, 9.17) is 0 Å². The van der Waals surface area contributed by atoms with E-state index in [1.54, 1.807) is 0 Å². The first-order valence-electron chi connectivity index (χ1n) is 3.49. The van der Waals surface area contributed by atoms with Crippen LogP contribution in [0.1, 0.15) is 0 Å². The van der Waals surface area contributed by atoms with Gasteiger partial charge in [0.1, 0.15) is 6.61 Å². The fourth-order valence-electron chi connectivity index (χ4n) is 0.591. The Bertz CT molecular complexity index is 187. The first-order valence-corrected chi connectivity index (χ1v) is 3.49. The van der Waals surface area contributed by atoms with Gasteiger partial charge in [-0.25, -0.2) is 13.2 Å². The van der Waals surface area contributed by atoms with E-state index in [1.165, 1.54) is 0 Å². The van der Waals surface area contributed by atoms with Crippen molar-refractivity contribution in [1.82, 2.24) is 0 Å². The number of hydrogen-bond acceptors (Lipinski definition) is 1. The van der Waals surface area contributed by atoms with Crippen LogP contribution in [0.3, 0.4) is 0 Å². The van der Waals surface area contributed by atoms with Gasteiger partial charge in [-0.15, -0.1) is 6.58 Å². The second-order valence-corrected chi connectivity index (χ2v) is 2.47. The molecule has 1 atom stereocenters. The normalized spacial score (nSPS) is 15.3. The Balaban J connectivity index is 4.23. The summed E-state index contributed by atoms with van der Waals surface area (Å²) in [6.07, 6.45) is -8.72. The zero-order valence-corrected chi connectivity index (χ0v) is 6.95. The van der Waals surface area contributed by atoms with Gasteiger partial charge in [0.05, 0.1) is 6.61 Å². The van der Waals surface area contributed by atoms with Crippen LogP contribution in [-0.2, 0) is 4.74 Å². The number of ether oxygens (including phenoxy) is 1. The smallest absolute Gasteiger partial charge is 0.371 e. The Morgan fingerprint density at radius 2 is 1.71 bits per heavy atom. The molecule has 0 saturated carbocycles. The Labute approximate surface area is 76.3 Å². The highest BCUT2D eigenvalue weighted by Crippen LogP contribution is 2.34. The molecule has 0 aliphatic heterocycles. The third-order valence-corrected chi connectivity index (χ3v) is 1.19. The molecule has 0 unspecified atom stereocenters. The largest absolute Gasteiger partial charge is 0.425 e. The minimum atomic E-state index is -5.58. The molecule has 0 rings (SSSR count). The predicted molar refractivity (Wildman–Crippen MR) is 36.9 cm³/mol. The highest BCUT2D eigenvalue weighted by atomic mass is 19.4. The second kappa shape index (κ2) is 4.68. The molecule has 7 heteroatoms. The zero-order valence-electron chi connectivity index (χ0n) is 6.95. The SMILES string of the molecule is C=CCOCC(F)(F)[C@H](F)C(F)(F)F. The van der Waals surface area contributed by atoms with Crippen molar-refractivity contribution in [1.29, 1.82) is 0 Å². The van der Waals surface area contributed by atoms with Gasteiger partial charge >= 0.3 is 12.1 Å². The summed E-state index contributed by atoms with van der Waals surface area (Å²) >= 11 is 0. The molecule has 0 bridgehead atoms. The highest BCUT2D eigenvalue weighted by molar-refractivity contribution is 4.83. The predicted octanol–water partition coefficient (Wildman–Crippen LogP) is 2.72. The molecule has 0 heterocycles. The van der Waals surface area contributed by atoms with E-state index in [2.05, 4.69) is 11.3 Å². The maximum absolute atomic E-state index is 12.4. The number of halogens is 6. The minimum absolute atomic E-state index is 0.361. The molecule has 0 amide bonds. The lowest BCUT2D eigenvalue weighted by Gasteiger charge is -2.22. The van der Waals surface area contributed by atoms with Gasteiger partial charge in [0.15, 0.2) is 0 Å². The molecule has 0 aliphatic rings. The summed E-state index contributed by atoms with van der Waals surface area (Å²) in [5.41, 5.74) is 0. The summed E-state index contributed by atoms with van der Waals surface area (Å²) in [7, 11) is 0. The lowest BCUT2D eigenvalue weighted by atomic mass is 10.2. The fraction of sp³-hybridized carbons (Fsp3) is 0.714. The summed E-state index contributed by atoms with van der Waals surface area (Å²) in [4.78, 5) is 0. The van der Waals surface area contributed by atoms with E-state index in [-0.39, 0.29) is 6.61 Å². The standard InChI is InChI=1S/C7H8F6O/c1-2-3-14-4-6(9,10)5(8)7(11,12)13/h2,5H,1,3-4H2/t5-/m0/s1. The van der Waals surface area contributed by atoms with Gasteiger partial charge in [-0.2, -0.15) is 13.2 Å². The molecule has 84 valence electrons. The minimum Gasteiger partial charge on any atom is -0.371 e. The summed E-state index contributed by atoms with van der Waals surface area (Å²) in [5, 5.41) is 0. The second-order valence-electron chi connectivity index (χ2n) is 2.47. The first-order chi connectivity index (χ1) is 6.22. The van der Waals surface area contributed by atoms with E-state index in [1.807, 2.05) is 0 Å². The molecular weight excluding hydrogens is 214 g/mol. The van der Waals surface area contributed by atoms with Crippen LogP contribution in [0.15, 0.2) is 12.7 Å². The third kappa shape index (κ3) is 3.99. The number of rotatable bonds is 5. The van der Waals surface area contributed by atoms with Crippen molar-refractivity contribution in [2.75, 3.05) is 13.2 Å². The highest BCUT2D eigenvalue weighted by Gasteiger charge is 2.56. The quantitative estimate of drug-likeness (QED) is 0.395. The van der Waals surface area contributed by atoms with E-state index in [0.717, 1.165) is 6.08 Å². The molecule has 14 heavy (non-hydrogen) atoms. The van der Waals surface area contributed by atoms with Gasteiger partial charge in [0, 0.05) is 0 Å². The van der Waals surface area contributed by atoms with E-state index in [0.29, 0.717) is 0 Å². The lowest BCUT2D eigenvalue weighted by molar-refractivity contribution is -0.254. The average Bonchev–Trinajstić information content (AvgIpc) is 2.01. The van der Waals surface area contributed by atoms with Crippen molar-refractivity contribution in [2.45, 2.75) is 18.3 Å². The van der Waals surface area contributed by atoms with Crippen LogP contribution in [0, 0.1) is 0 Å². The summed E-state index contributed by atoms with van der Waals surface area (Å²) in [6.45, 7) is 1.10. The number of hydrogen-bond donors (Lipinski definition) is 0. The first kappa shape index (κ1) is 13.3. The van der Waals surface area contributed by atoms with Crippen LogP contribution in [0.2, 0.25) is 0 Å². The van der Waals surface area contributed by atoms with Crippen molar-refractivity contribution < 1.29 is 31.1 Å². The summed E-state index contributed by atoms with van der Waals surface area (Å²) < 4.78 is 75.5. The zero-order chi connectivity index (χ0) is 11.4. The molecule has 0 aliphatic carbocycles. The van der Waals surface area contributed by atoms with Crippen molar-refractivity contribution in [3.8, 4) is 0 Å². The maximum atomic E-state index is 12.4. The molecular formula is C7H8F6O. The third-order valence-electron chi connectivity index (χ3n) is 1.19. The van der Waals surface area contributed by atoms with E-state index >= 15 is 0 Å². The topological polar surface area (TPSA) is 9.23 Å². The molecule has 0 aromatic carbocycles. The van der Waals surface area contributed by atoms with Crippen LogP contribution in [0.4, 0.5) is 26.3 Å². The Morgan fingerprint density at radius 3 is 2.07 bits per heavy atom. The van der Waals surface area contributed by atoms with Crippen molar-refractivity contribution >= 4 is 0 Å². The van der Waals surface area contributed by atoms with Gasteiger partial charge in [-0.3, -0.25) is 0 Å².